The van der Waals surface area contributed by atoms with Crippen LogP contribution in [0.5, 0.6) is 0 Å². The van der Waals surface area contributed by atoms with Crippen LogP contribution in [0.15, 0.2) is 30.3 Å². The second-order valence-electron chi connectivity index (χ2n) is 6.36. The first-order valence-electron chi connectivity index (χ1n) is 7.47. The molecule has 0 spiro atoms. The van der Waals surface area contributed by atoms with E-state index in [-0.39, 0.29) is 12.5 Å². The predicted octanol–water partition coefficient (Wildman–Crippen LogP) is 2.27. The van der Waals surface area contributed by atoms with E-state index in [0.717, 1.165) is 16.6 Å². The SMILES string of the molecule is Cc1cc2ccccc2n1CC(=O)N1CC[C@](C)(C(=O)O)C1. The molecular weight excluding hydrogens is 280 g/mol. The number of amides is 1. The largest absolute Gasteiger partial charge is 0.481 e. The minimum Gasteiger partial charge on any atom is -0.481 e. The Bertz CT molecular complexity index is 749. The van der Waals surface area contributed by atoms with Gasteiger partial charge in [-0.3, -0.25) is 9.59 Å². The normalized spacial score (nSPS) is 21.5. The third-order valence-corrected chi connectivity index (χ3v) is 4.65. The number of carbonyl (C=O) groups is 2. The fraction of sp³-hybridized carbons (Fsp3) is 0.412. The van der Waals surface area contributed by atoms with Gasteiger partial charge in [-0.15, -0.1) is 0 Å². The van der Waals surface area contributed by atoms with Gasteiger partial charge in [-0.05, 0) is 37.8 Å². The molecule has 3 rings (SSSR count). The molecule has 0 bridgehead atoms. The number of carbonyl (C=O) groups excluding carboxylic acids is 1. The molecule has 0 saturated carbocycles. The van der Waals surface area contributed by atoms with Crippen molar-refractivity contribution in [2.45, 2.75) is 26.8 Å². The maximum Gasteiger partial charge on any atom is 0.311 e. The number of aromatic nitrogens is 1. The van der Waals surface area contributed by atoms with Gasteiger partial charge >= 0.3 is 5.97 Å². The lowest BCUT2D eigenvalue weighted by molar-refractivity contribution is -0.147. The number of para-hydroxylation sites is 1. The summed E-state index contributed by atoms with van der Waals surface area (Å²) in [5, 5.41) is 10.4. The molecule has 1 fully saturated rings. The van der Waals surface area contributed by atoms with Crippen molar-refractivity contribution in [3.8, 4) is 0 Å². The molecule has 1 aromatic heterocycles. The summed E-state index contributed by atoms with van der Waals surface area (Å²) in [6, 6.07) is 10.0. The van der Waals surface area contributed by atoms with E-state index in [1.54, 1.807) is 11.8 Å². The second-order valence-corrected chi connectivity index (χ2v) is 6.36. The quantitative estimate of drug-likeness (QED) is 0.946. The van der Waals surface area contributed by atoms with Gasteiger partial charge in [0.05, 0.1) is 5.41 Å². The van der Waals surface area contributed by atoms with Gasteiger partial charge in [-0.1, -0.05) is 18.2 Å². The maximum atomic E-state index is 12.5. The summed E-state index contributed by atoms with van der Waals surface area (Å²) in [5.41, 5.74) is 1.26. The van der Waals surface area contributed by atoms with Crippen molar-refractivity contribution < 1.29 is 14.7 Å². The van der Waals surface area contributed by atoms with Crippen LogP contribution in [0.3, 0.4) is 0 Å². The third-order valence-electron chi connectivity index (χ3n) is 4.65. The van der Waals surface area contributed by atoms with Crippen LogP contribution in [0.2, 0.25) is 0 Å². The average molecular weight is 300 g/mol. The lowest BCUT2D eigenvalue weighted by Crippen LogP contribution is -2.36. The van der Waals surface area contributed by atoms with Crippen molar-refractivity contribution in [2.75, 3.05) is 13.1 Å². The number of rotatable bonds is 3. The molecular formula is C17H20N2O3. The van der Waals surface area contributed by atoms with E-state index in [1.807, 2.05) is 35.8 Å². The van der Waals surface area contributed by atoms with Gasteiger partial charge in [-0.2, -0.15) is 0 Å². The first-order chi connectivity index (χ1) is 10.4. The van der Waals surface area contributed by atoms with Gasteiger partial charge < -0.3 is 14.6 Å². The number of aryl methyl sites for hydroxylation is 1. The highest BCUT2D eigenvalue weighted by Gasteiger charge is 2.42. The zero-order valence-corrected chi connectivity index (χ0v) is 12.9. The van der Waals surface area contributed by atoms with Crippen molar-refractivity contribution in [3.05, 3.63) is 36.0 Å². The minimum atomic E-state index is -0.828. The molecule has 5 nitrogen and oxygen atoms in total. The fourth-order valence-electron chi connectivity index (χ4n) is 3.14. The fourth-order valence-corrected chi connectivity index (χ4v) is 3.14. The number of likely N-dealkylation sites (tertiary alicyclic amines) is 1. The van der Waals surface area contributed by atoms with Gasteiger partial charge in [0.15, 0.2) is 0 Å². The molecule has 1 aromatic carbocycles. The molecule has 2 aromatic rings. The zero-order valence-electron chi connectivity index (χ0n) is 12.9. The summed E-state index contributed by atoms with van der Waals surface area (Å²) in [7, 11) is 0. The molecule has 5 heteroatoms. The molecule has 0 radical (unpaired) electrons. The van der Waals surface area contributed by atoms with Crippen LogP contribution < -0.4 is 0 Å². The van der Waals surface area contributed by atoms with Gasteiger partial charge in [0.1, 0.15) is 6.54 Å². The molecule has 0 unspecified atom stereocenters. The molecule has 1 saturated heterocycles. The number of nitrogens with zero attached hydrogens (tertiary/aromatic N) is 2. The van der Waals surface area contributed by atoms with E-state index in [4.69, 9.17) is 0 Å². The Hall–Kier alpha value is -2.30. The lowest BCUT2D eigenvalue weighted by atomic mass is 9.90. The van der Waals surface area contributed by atoms with Crippen LogP contribution in [0.25, 0.3) is 10.9 Å². The molecule has 0 aliphatic carbocycles. The van der Waals surface area contributed by atoms with Crippen LogP contribution in [-0.2, 0) is 16.1 Å². The topological polar surface area (TPSA) is 62.5 Å². The van der Waals surface area contributed by atoms with Gasteiger partial charge in [0.25, 0.3) is 0 Å². The number of carboxylic acid groups (broad SMARTS) is 1. The van der Waals surface area contributed by atoms with E-state index in [0.29, 0.717) is 19.5 Å². The van der Waals surface area contributed by atoms with Crippen LogP contribution >= 0.6 is 0 Å². The van der Waals surface area contributed by atoms with Crippen molar-refractivity contribution in [2.24, 2.45) is 5.41 Å². The summed E-state index contributed by atoms with van der Waals surface area (Å²) >= 11 is 0. The molecule has 1 amide bonds. The van der Waals surface area contributed by atoms with Crippen molar-refractivity contribution in [1.29, 1.82) is 0 Å². The van der Waals surface area contributed by atoms with Crippen molar-refractivity contribution in [1.82, 2.24) is 9.47 Å². The van der Waals surface area contributed by atoms with Crippen LogP contribution in [-0.4, -0.2) is 39.5 Å². The Morgan fingerprint density at radius 1 is 1.32 bits per heavy atom. The number of hydrogen-bond donors (Lipinski definition) is 1. The maximum absolute atomic E-state index is 12.5. The van der Waals surface area contributed by atoms with Crippen molar-refractivity contribution >= 4 is 22.8 Å². The second kappa shape index (κ2) is 5.16. The van der Waals surface area contributed by atoms with E-state index < -0.39 is 11.4 Å². The van der Waals surface area contributed by atoms with Gasteiger partial charge in [-0.25, -0.2) is 0 Å². The lowest BCUT2D eigenvalue weighted by Gasteiger charge is -2.21. The summed E-state index contributed by atoms with van der Waals surface area (Å²) in [5.74, 6) is -0.847. The zero-order chi connectivity index (χ0) is 15.9. The monoisotopic (exact) mass is 300 g/mol. The number of hydrogen-bond acceptors (Lipinski definition) is 2. The average Bonchev–Trinajstić information content (AvgIpc) is 3.02. The third kappa shape index (κ3) is 2.36. The van der Waals surface area contributed by atoms with E-state index in [2.05, 4.69) is 6.07 Å². The Kier molecular flexibility index (Phi) is 3.43. The van der Waals surface area contributed by atoms with E-state index in [1.165, 1.54) is 0 Å². The Balaban J connectivity index is 1.80. The standard InChI is InChI=1S/C17H20N2O3/c1-12-9-13-5-3-4-6-14(13)19(12)10-15(20)18-8-7-17(2,11-18)16(21)22/h3-6,9H,7-8,10-11H2,1-2H3,(H,21,22)/t17-/m0/s1. The summed E-state index contributed by atoms with van der Waals surface area (Å²) < 4.78 is 1.99. The summed E-state index contributed by atoms with van der Waals surface area (Å²) in [6.45, 7) is 4.76. The Morgan fingerprint density at radius 3 is 2.73 bits per heavy atom. The number of benzene rings is 1. The predicted molar refractivity (Wildman–Crippen MR) is 83.6 cm³/mol. The smallest absolute Gasteiger partial charge is 0.311 e. The first kappa shape index (κ1) is 14.6. The van der Waals surface area contributed by atoms with Crippen molar-refractivity contribution in [3.63, 3.8) is 0 Å². The molecule has 1 atom stereocenters. The highest BCUT2D eigenvalue weighted by Crippen LogP contribution is 2.30. The highest BCUT2D eigenvalue weighted by atomic mass is 16.4. The first-order valence-corrected chi connectivity index (χ1v) is 7.47. The minimum absolute atomic E-state index is 0.0190. The molecule has 1 N–H and O–H groups in total. The van der Waals surface area contributed by atoms with Crippen LogP contribution in [0.4, 0.5) is 0 Å². The van der Waals surface area contributed by atoms with Crippen LogP contribution in [0, 0.1) is 12.3 Å². The van der Waals surface area contributed by atoms with Crippen LogP contribution in [0.1, 0.15) is 19.0 Å². The molecule has 116 valence electrons. The van der Waals surface area contributed by atoms with Gasteiger partial charge in [0.2, 0.25) is 5.91 Å². The highest BCUT2D eigenvalue weighted by molar-refractivity contribution is 5.85. The number of aliphatic carboxylic acids is 1. The number of fused-ring (bicyclic) bond motifs is 1. The molecule has 1 aliphatic rings. The Morgan fingerprint density at radius 2 is 2.05 bits per heavy atom. The molecule has 22 heavy (non-hydrogen) atoms. The molecule has 2 heterocycles. The van der Waals surface area contributed by atoms with E-state index in [9.17, 15) is 14.7 Å². The van der Waals surface area contributed by atoms with Gasteiger partial charge in [0, 0.05) is 24.3 Å². The Labute approximate surface area is 129 Å². The molecule has 1 aliphatic heterocycles. The van der Waals surface area contributed by atoms with E-state index >= 15 is 0 Å². The summed E-state index contributed by atoms with van der Waals surface area (Å²) in [4.78, 5) is 25.5. The number of carboxylic acids is 1. The summed E-state index contributed by atoms with van der Waals surface area (Å²) in [6.07, 6.45) is 0.513.